The van der Waals surface area contributed by atoms with Gasteiger partial charge in [0.2, 0.25) is 0 Å². The van der Waals surface area contributed by atoms with E-state index in [0.29, 0.717) is 0 Å². The van der Waals surface area contributed by atoms with Gasteiger partial charge < -0.3 is 9.32 Å². The lowest BCUT2D eigenvalue weighted by Crippen LogP contribution is -2.09. The van der Waals surface area contributed by atoms with E-state index in [9.17, 15) is 0 Å². The van der Waals surface area contributed by atoms with Crippen molar-refractivity contribution in [3.8, 4) is 11.1 Å². The second-order valence-electron chi connectivity index (χ2n) is 12.9. The normalized spacial score (nSPS) is 12.0. The SMILES string of the molecule is c1ccc2c(c1)oc1ccc(N(c3ccc(-c4ccc5cc6c(cc5c4)sc4ccccc46)cc3)c3ccc4c(c3)sc3ccccc34)cc12. The molecule has 0 aliphatic rings. The van der Waals surface area contributed by atoms with E-state index in [4.69, 9.17) is 4.42 Å². The Kier molecular flexibility index (Phi) is 6.03. The van der Waals surface area contributed by atoms with E-state index < -0.39 is 0 Å². The van der Waals surface area contributed by atoms with Crippen molar-refractivity contribution in [3.05, 3.63) is 164 Å². The first-order valence-electron chi connectivity index (χ1n) is 16.8. The molecule has 0 saturated heterocycles. The Morgan fingerprint density at radius 3 is 1.76 bits per heavy atom. The molecule has 0 amide bonds. The van der Waals surface area contributed by atoms with Crippen LogP contribution in [0.2, 0.25) is 0 Å². The van der Waals surface area contributed by atoms with E-state index in [2.05, 4.69) is 157 Å². The van der Waals surface area contributed by atoms with Gasteiger partial charge in [-0.1, -0.05) is 84.9 Å². The summed E-state index contributed by atoms with van der Waals surface area (Å²) in [6.45, 7) is 0. The Labute approximate surface area is 295 Å². The Morgan fingerprint density at radius 1 is 0.340 bits per heavy atom. The van der Waals surface area contributed by atoms with Crippen LogP contribution in [-0.2, 0) is 0 Å². The second-order valence-corrected chi connectivity index (χ2v) is 15.1. The highest BCUT2D eigenvalue weighted by atomic mass is 32.1. The first kappa shape index (κ1) is 28.0. The van der Waals surface area contributed by atoms with Gasteiger partial charge in [-0.05, 0) is 101 Å². The zero-order chi connectivity index (χ0) is 32.8. The zero-order valence-electron chi connectivity index (χ0n) is 26.8. The van der Waals surface area contributed by atoms with Gasteiger partial charge in [0.15, 0.2) is 0 Å². The fourth-order valence-corrected chi connectivity index (χ4v) is 9.88. The molecule has 0 atom stereocenters. The molecule has 0 saturated carbocycles. The highest BCUT2D eigenvalue weighted by Crippen LogP contribution is 2.43. The zero-order valence-corrected chi connectivity index (χ0v) is 28.4. The van der Waals surface area contributed by atoms with Crippen LogP contribution in [-0.4, -0.2) is 0 Å². The monoisotopic (exact) mass is 673 g/mol. The Balaban J connectivity index is 1.04. The van der Waals surface area contributed by atoms with Gasteiger partial charge in [0.25, 0.3) is 0 Å². The van der Waals surface area contributed by atoms with Gasteiger partial charge >= 0.3 is 0 Å². The number of benzene rings is 8. The summed E-state index contributed by atoms with van der Waals surface area (Å²) in [5.41, 5.74) is 7.55. The van der Waals surface area contributed by atoms with Crippen LogP contribution in [0.1, 0.15) is 0 Å². The first-order chi connectivity index (χ1) is 24.7. The standard InChI is InChI=1S/C46H27NOS2/c1-4-10-41-35(7-1)39-26-33(20-22-42(39)48-41)47(34-19-21-38-36-8-2-5-11-43(36)50-46(38)27-34)32-17-15-28(16-18-32)29-13-14-30-24-40-37-9-3-6-12-44(37)49-45(40)25-31(30)23-29/h1-27H. The van der Waals surface area contributed by atoms with Crippen molar-refractivity contribution in [1.82, 2.24) is 0 Å². The Bertz CT molecular complexity index is 3110. The van der Waals surface area contributed by atoms with Crippen LogP contribution in [0, 0.1) is 0 Å². The number of hydrogen-bond donors (Lipinski definition) is 0. The quantitative estimate of drug-likeness (QED) is 0.185. The molecule has 0 aliphatic carbocycles. The third-order valence-corrected chi connectivity index (χ3v) is 12.3. The van der Waals surface area contributed by atoms with E-state index in [0.717, 1.165) is 39.0 Å². The molecule has 0 radical (unpaired) electrons. The van der Waals surface area contributed by atoms with E-state index >= 15 is 0 Å². The van der Waals surface area contributed by atoms with Gasteiger partial charge in [0.1, 0.15) is 11.2 Å². The molecule has 234 valence electrons. The Morgan fingerprint density at radius 2 is 0.940 bits per heavy atom. The summed E-state index contributed by atoms with van der Waals surface area (Å²) < 4.78 is 11.5. The summed E-state index contributed by atoms with van der Waals surface area (Å²) in [5.74, 6) is 0. The molecule has 3 heterocycles. The topological polar surface area (TPSA) is 16.4 Å². The van der Waals surface area contributed by atoms with Crippen molar-refractivity contribution >= 4 is 113 Å². The van der Waals surface area contributed by atoms with Gasteiger partial charge in [0.05, 0.1) is 0 Å². The maximum Gasteiger partial charge on any atom is 0.135 e. The molecule has 0 N–H and O–H groups in total. The van der Waals surface area contributed by atoms with Gasteiger partial charge in [-0.2, -0.15) is 0 Å². The predicted molar refractivity (Wildman–Crippen MR) is 217 cm³/mol. The number of thiophene rings is 2. The Hall–Kier alpha value is -5.94. The lowest BCUT2D eigenvalue weighted by atomic mass is 9.99. The van der Waals surface area contributed by atoms with Crippen LogP contribution in [0.3, 0.4) is 0 Å². The molecule has 11 aromatic rings. The van der Waals surface area contributed by atoms with Crippen LogP contribution in [0.25, 0.3) is 84.2 Å². The minimum atomic E-state index is 0.898. The van der Waals surface area contributed by atoms with E-state index in [1.807, 2.05) is 34.8 Å². The summed E-state index contributed by atoms with van der Waals surface area (Å²) in [7, 11) is 0. The molecular weight excluding hydrogens is 647 g/mol. The minimum absolute atomic E-state index is 0.898. The molecule has 3 aromatic heterocycles. The van der Waals surface area contributed by atoms with E-state index in [1.54, 1.807) is 0 Å². The summed E-state index contributed by atoms with van der Waals surface area (Å²) in [6.07, 6.45) is 0. The smallest absolute Gasteiger partial charge is 0.135 e. The highest BCUT2D eigenvalue weighted by molar-refractivity contribution is 7.26. The van der Waals surface area contributed by atoms with Crippen molar-refractivity contribution in [2.45, 2.75) is 0 Å². The molecule has 2 nitrogen and oxygen atoms in total. The maximum absolute atomic E-state index is 6.21. The lowest BCUT2D eigenvalue weighted by molar-refractivity contribution is 0.669. The number of furan rings is 1. The van der Waals surface area contributed by atoms with Crippen molar-refractivity contribution in [1.29, 1.82) is 0 Å². The molecule has 0 fully saturated rings. The van der Waals surface area contributed by atoms with Gasteiger partial charge in [0, 0.05) is 68.2 Å². The second kappa shape index (κ2) is 10.8. The average Bonchev–Trinajstić information content (AvgIpc) is 3.84. The molecule has 0 unspecified atom stereocenters. The van der Waals surface area contributed by atoms with E-state index in [1.165, 1.54) is 62.2 Å². The summed E-state index contributed by atoms with van der Waals surface area (Å²) in [6, 6.07) is 59.7. The molecule has 8 aromatic carbocycles. The molecule has 50 heavy (non-hydrogen) atoms. The van der Waals surface area contributed by atoms with Gasteiger partial charge in [-0.3, -0.25) is 0 Å². The lowest BCUT2D eigenvalue weighted by Gasteiger charge is -2.26. The number of hydrogen-bond acceptors (Lipinski definition) is 4. The highest BCUT2D eigenvalue weighted by Gasteiger charge is 2.17. The summed E-state index contributed by atoms with van der Waals surface area (Å²) in [5, 5.41) is 10.1. The fraction of sp³-hybridized carbons (Fsp3) is 0. The molecule has 4 heteroatoms. The van der Waals surface area contributed by atoms with Crippen molar-refractivity contribution < 1.29 is 4.42 Å². The van der Waals surface area contributed by atoms with Crippen LogP contribution in [0.4, 0.5) is 17.1 Å². The summed E-state index contributed by atoms with van der Waals surface area (Å²) >= 11 is 3.72. The number of fused-ring (bicyclic) bond motifs is 10. The number of rotatable bonds is 4. The number of para-hydroxylation sites is 1. The van der Waals surface area contributed by atoms with Crippen LogP contribution >= 0.6 is 22.7 Å². The van der Waals surface area contributed by atoms with E-state index in [-0.39, 0.29) is 0 Å². The molecule has 11 rings (SSSR count). The number of anilines is 3. The van der Waals surface area contributed by atoms with Gasteiger partial charge in [-0.15, -0.1) is 22.7 Å². The predicted octanol–water partition coefficient (Wildman–Crippen LogP) is 14.6. The molecule has 0 aliphatic heterocycles. The largest absolute Gasteiger partial charge is 0.456 e. The van der Waals surface area contributed by atoms with Crippen LogP contribution in [0.15, 0.2) is 168 Å². The number of nitrogens with zero attached hydrogens (tertiary/aromatic N) is 1. The van der Waals surface area contributed by atoms with Crippen molar-refractivity contribution in [2.75, 3.05) is 4.90 Å². The van der Waals surface area contributed by atoms with Gasteiger partial charge in [-0.25, -0.2) is 0 Å². The third-order valence-electron chi connectivity index (χ3n) is 10.0. The molecule has 0 spiro atoms. The molecule has 0 bridgehead atoms. The van der Waals surface area contributed by atoms with Crippen molar-refractivity contribution in [2.24, 2.45) is 0 Å². The van der Waals surface area contributed by atoms with Crippen molar-refractivity contribution in [3.63, 3.8) is 0 Å². The average molecular weight is 674 g/mol. The van der Waals surface area contributed by atoms with Crippen LogP contribution < -0.4 is 4.90 Å². The maximum atomic E-state index is 6.21. The first-order valence-corrected chi connectivity index (χ1v) is 18.5. The molecular formula is C46H27NOS2. The summed E-state index contributed by atoms with van der Waals surface area (Å²) in [4.78, 5) is 2.37. The minimum Gasteiger partial charge on any atom is -0.456 e. The fourth-order valence-electron chi connectivity index (χ4n) is 7.60. The van der Waals surface area contributed by atoms with Crippen LogP contribution in [0.5, 0.6) is 0 Å². The third kappa shape index (κ3) is 4.32.